The smallest absolute Gasteiger partial charge is 0.321 e. The molecular formula is C16H16ClN3O5. The van der Waals surface area contributed by atoms with Crippen molar-refractivity contribution in [3.8, 4) is 11.5 Å². The van der Waals surface area contributed by atoms with Crippen LogP contribution < -0.4 is 20.1 Å². The zero-order valence-electron chi connectivity index (χ0n) is 13.3. The summed E-state index contributed by atoms with van der Waals surface area (Å²) in [7, 11) is 0. The van der Waals surface area contributed by atoms with Crippen LogP contribution in [0.15, 0.2) is 42.5 Å². The molecule has 0 aliphatic rings. The molecule has 132 valence electrons. The van der Waals surface area contributed by atoms with Crippen molar-refractivity contribution < 1.29 is 19.2 Å². The van der Waals surface area contributed by atoms with Gasteiger partial charge in [0.05, 0.1) is 22.2 Å². The molecular weight excluding hydrogens is 350 g/mol. The largest absolute Gasteiger partial charge is 0.494 e. The third-order valence-corrected chi connectivity index (χ3v) is 3.34. The molecule has 0 atom stereocenters. The first-order valence-corrected chi connectivity index (χ1v) is 7.72. The summed E-state index contributed by atoms with van der Waals surface area (Å²) in [5.74, 6) is 1.28. The molecule has 8 nitrogen and oxygen atoms in total. The number of nitro benzene ring substituents is 1. The van der Waals surface area contributed by atoms with E-state index in [1.807, 2.05) is 6.92 Å². The average Bonchev–Trinajstić information content (AvgIpc) is 2.58. The summed E-state index contributed by atoms with van der Waals surface area (Å²) in [5.41, 5.74) is -0.0419. The van der Waals surface area contributed by atoms with Gasteiger partial charge in [0.15, 0.2) is 6.73 Å². The molecule has 2 N–H and O–H groups in total. The minimum Gasteiger partial charge on any atom is -0.494 e. The van der Waals surface area contributed by atoms with Crippen LogP contribution >= 0.6 is 11.6 Å². The minimum atomic E-state index is -0.603. The number of non-ortho nitro benzene ring substituents is 1. The van der Waals surface area contributed by atoms with Gasteiger partial charge in [0, 0.05) is 12.1 Å². The normalized spacial score (nSPS) is 10.0. The number of nitro groups is 1. The maximum absolute atomic E-state index is 11.8. The Morgan fingerprint density at radius 2 is 1.80 bits per heavy atom. The van der Waals surface area contributed by atoms with Gasteiger partial charge in [-0.1, -0.05) is 11.6 Å². The van der Waals surface area contributed by atoms with E-state index in [0.29, 0.717) is 12.4 Å². The van der Waals surface area contributed by atoms with Crippen LogP contribution in [0.1, 0.15) is 6.92 Å². The first kappa shape index (κ1) is 18.3. The van der Waals surface area contributed by atoms with Crippen LogP contribution in [0.25, 0.3) is 0 Å². The Morgan fingerprint density at radius 1 is 1.16 bits per heavy atom. The first-order chi connectivity index (χ1) is 12.0. The summed E-state index contributed by atoms with van der Waals surface area (Å²) in [4.78, 5) is 22.0. The van der Waals surface area contributed by atoms with Crippen molar-refractivity contribution in [2.45, 2.75) is 6.92 Å². The molecule has 2 aromatic rings. The number of hydrogen-bond acceptors (Lipinski definition) is 5. The zero-order chi connectivity index (χ0) is 18.2. The summed E-state index contributed by atoms with van der Waals surface area (Å²) in [5, 5.41) is 15.8. The van der Waals surface area contributed by atoms with E-state index in [1.54, 1.807) is 24.3 Å². The molecule has 0 aliphatic heterocycles. The number of hydrogen-bond donors (Lipinski definition) is 2. The van der Waals surface area contributed by atoms with Crippen molar-refractivity contribution in [1.82, 2.24) is 5.32 Å². The number of benzene rings is 2. The average molecular weight is 366 g/mol. The van der Waals surface area contributed by atoms with Gasteiger partial charge >= 0.3 is 6.03 Å². The highest BCUT2D eigenvalue weighted by Gasteiger charge is 2.12. The monoisotopic (exact) mass is 365 g/mol. The second kappa shape index (κ2) is 8.74. The Morgan fingerprint density at radius 3 is 2.40 bits per heavy atom. The number of carbonyl (C=O) groups is 1. The Kier molecular flexibility index (Phi) is 6.41. The van der Waals surface area contributed by atoms with E-state index in [2.05, 4.69) is 10.6 Å². The molecule has 0 saturated carbocycles. The van der Waals surface area contributed by atoms with E-state index in [4.69, 9.17) is 21.1 Å². The molecule has 0 heterocycles. The number of nitrogens with zero attached hydrogens (tertiary/aromatic N) is 1. The van der Waals surface area contributed by atoms with Crippen LogP contribution in [0.5, 0.6) is 11.5 Å². The predicted molar refractivity (Wildman–Crippen MR) is 93.4 cm³/mol. The van der Waals surface area contributed by atoms with Crippen LogP contribution in [0, 0.1) is 10.1 Å². The van der Waals surface area contributed by atoms with Crippen LogP contribution in [0.4, 0.5) is 16.2 Å². The molecule has 0 fully saturated rings. The topological polar surface area (TPSA) is 103 Å². The lowest BCUT2D eigenvalue weighted by molar-refractivity contribution is -0.384. The van der Waals surface area contributed by atoms with Crippen molar-refractivity contribution in [3.05, 3.63) is 57.6 Å². The summed E-state index contributed by atoms with van der Waals surface area (Å²) in [6.07, 6.45) is 0. The molecule has 0 bridgehead atoms. The van der Waals surface area contributed by atoms with Crippen molar-refractivity contribution in [3.63, 3.8) is 0 Å². The fourth-order valence-electron chi connectivity index (χ4n) is 1.87. The fourth-order valence-corrected chi connectivity index (χ4v) is 2.04. The van der Waals surface area contributed by atoms with Gasteiger partial charge in [-0.2, -0.15) is 0 Å². The van der Waals surface area contributed by atoms with Crippen LogP contribution in [0.3, 0.4) is 0 Å². The maximum Gasteiger partial charge on any atom is 0.321 e. The van der Waals surface area contributed by atoms with Crippen molar-refractivity contribution >= 4 is 29.0 Å². The molecule has 0 saturated heterocycles. The number of amides is 2. The Balaban J connectivity index is 1.84. The van der Waals surface area contributed by atoms with Gasteiger partial charge in [0.25, 0.3) is 5.69 Å². The lowest BCUT2D eigenvalue weighted by atomic mass is 10.3. The molecule has 0 radical (unpaired) electrons. The van der Waals surface area contributed by atoms with Gasteiger partial charge in [-0.3, -0.25) is 10.1 Å². The third-order valence-electron chi connectivity index (χ3n) is 3.02. The highest BCUT2D eigenvalue weighted by Crippen LogP contribution is 2.26. The number of carbonyl (C=O) groups excluding carboxylic acids is 1. The molecule has 2 amide bonds. The predicted octanol–water partition coefficient (Wildman–Crippen LogP) is 3.80. The van der Waals surface area contributed by atoms with Crippen LogP contribution in [-0.2, 0) is 0 Å². The molecule has 25 heavy (non-hydrogen) atoms. The van der Waals surface area contributed by atoms with E-state index in [1.165, 1.54) is 18.2 Å². The highest BCUT2D eigenvalue weighted by atomic mass is 35.5. The standard InChI is InChI=1S/C16H16ClN3O5/c1-2-24-12-4-6-13(7-5-12)25-10-18-16(21)19-15-9-11(20(22)23)3-8-14(15)17/h3-9H,2,10H2,1H3,(H2,18,19,21). The van der Waals surface area contributed by atoms with Gasteiger partial charge in [0.2, 0.25) is 0 Å². The van der Waals surface area contributed by atoms with Crippen LogP contribution in [0.2, 0.25) is 5.02 Å². The van der Waals surface area contributed by atoms with Gasteiger partial charge in [0.1, 0.15) is 11.5 Å². The molecule has 0 aromatic heterocycles. The van der Waals surface area contributed by atoms with E-state index in [-0.39, 0.29) is 23.1 Å². The second-order valence-corrected chi connectivity index (χ2v) is 5.15. The number of nitrogens with one attached hydrogen (secondary N) is 2. The molecule has 9 heteroatoms. The van der Waals surface area contributed by atoms with Gasteiger partial charge < -0.3 is 20.1 Å². The molecule has 0 aliphatic carbocycles. The SMILES string of the molecule is CCOc1ccc(OCNC(=O)Nc2cc([N+](=O)[O-])ccc2Cl)cc1. The van der Waals surface area contributed by atoms with Crippen molar-refractivity contribution in [1.29, 1.82) is 0 Å². The van der Waals surface area contributed by atoms with Gasteiger partial charge in [-0.25, -0.2) is 4.79 Å². The highest BCUT2D eigenvalue weighted by molar-refractivity contribution is 6.33. The van der Waals surface area contributed by atoms with E-state index < -0.39 is 11.0 Å². The zero-order valence-corrected chi connectivity index (χ0v) is 14.1. The van der Waals surface area contributed by atoms with Gasteiger partial charge in [-0.15, -0.1) is 0 Å². The fraction of sp³-hybridized carbons (Fsp3) is 0.188. The minimum absolute atomic E-state index is 0.0909. The second-order valence-electron chi connectivity index (χ2n) is 4.75. The van der Waals surface area contributed by atoms with Crippen molar-refractivity contribution in [2.24, 2.45) is 0 Å². The summed E-state index contributed by atoms with van der Waals surface area (Å²) in [6.45, 7) is 2.37. The summed E-state index contributed by atoms with van der Waals surface area (Å²) < 4.78 is 10.7. The molecule has 0 spiro atoms. The summed E-state index contributed by atoms with van der Waals surface area (Å²) in [6, 6.07) is 10.1. The lowest BCUT2D eigenvalue weighted by Crippen LogP contribution is -2.32. The maximum atomic E-state index is 11.8. The lowest BCUT2D eigenvalue weighted by Gasteiger charge is -2.11. The summed E-state index contributed by atoms with van der Waals surface area (Å²) >= 11 is 5.91. The van der Waals surface area contributed by atoms with Gasteiger partial charge in [-0.05, 0) is 37.3 Å². The first-order valence-electron chi connectivity index (χ1n) is 7.34. The molecule has 2 rings (SSSR count). The number of urea groups is 1. The van der Waals surface area contributed by atoms with E-state index in [9.17, 15) is 14.9 Å². The van der Waals surface area contributed by atoms with E-state index >= 15 is 0 Å². The quantitative estimate of drug-likeness (QED) is 0.441. The Labute approximate surface area is 148 Å². The molecule has 2 aromatic carbocycles. The van der Waals surface area contributed by atoms with E-state index in [0.717, 1.165) is 5.75 Å². The number of rotatable bonds is 7. The Hall–Kier alpha value is -3.00. The number of anilines is 1. The number of halogens is 1. The van der Waals surface area contributed by atoms with Crippen molar-refractivity contribution in [2.75, 3.05) is 18.7 Å². The number of ether oxygens (including phenoxy) is 2. The van der Waals surface area contributed by atoms with Crippen LogP contribution in [-0.4, -0.2) is 24.3 Å². The Bertz CT molecular complexity index is 752. The third kappa shape index (κ3) is 5.54. The molecule has 0 unspecified atom stereocenters.